The number of nitrogens with one attached hydrogen (secondary N) is 2. The van der Waals surface area contributed by atoms with Crippen LogP contribution >= 0.6 is 12.2 Å². The van der Waals surface area contributed by atoms with Crippen LogP contribution in [0.5, 0.6) is 0 Å². The Balaban J connectivity index is 1.24. The number of hydrogen-bond acceptors (Lipinski definition) is 2. The molecular weight excluding hydrogens is 314 g/mol. The van der Waals surface area contributed by atoms with Crippen molar-refractivity contribution in [2.75, 3.05) is 0 Å². The van der Waals surface area contributed by atoms with Gasteiger partial charge in [0.15, 0.2) is 5.11 Å². The van der Waals surface area contributed by atoms with Gasteiger partial charge in [0, 0.05) is 12.3 Å². The Morgan fingerprint density at radius 2 is 2.04 bits per heavy atom. The molecule has 124 valence electrons. The van der Waals surface area contributed by atoms with Crippen LogP contribution in [-0.2, 0) is 0 Å². The highest BCUT2D eigenvalue weighted by Crippen LogP contribution is 2.56. The summed E-state index contributed by atoms with van der Waals surface area (Å²) in [6, 6.07) is 10.7. The molecule has 0 aromatic heterocycles. The van der Waals surface area contributed by atoms with Crippen LogP contribution in [0.15, 0.2) is 53.7 Å². The largest absolute Gasteiger partial charge is 0.358 e. The van der Waals surface area contributed by atoms with Gasteiger partial charge in [-0.3, -0.25) is 5.43 Å². The molecule has 3 aliphatic carbocycles. The summed E-state index contributed by atoms with van der Waals surface area (Å²) in [5.41, 5.74) is 4.09. The molecule has 2 N–H and O–H groups in total. The van der Waals surface area contributed by atoms with Gasteiger partial charge in [-0.1, -0.05) is 48.6 Å². The molecule has 5 unspecified atom stereocenters. The first kappa shape index (κ1) is 15.6. The monoisotopic (exact) mass is 337 g/mol. The van der Waals surface area contributed by atoms with E-state index in [0.717, 1.165) is 29.2 Å². The van der Waals surface area contributed by atoms with Crippen LogP contribution in [0.1, 0.15) is 24.8 Å². The lowest BCUT2D eigenvalue weighted by molar-refractivity contribution is 0.246. The topological polar surface area (TPSA) is 36.4 Å². The lowest BCUT2D eigenvalue weighted by Gasteiger charge is -2.32. The second-order valence-electron chi connectivity index (χ2n) is 7.04. The molecule has 4 rings (SSSR count). The van der Waals surface area contributed by atoms with Crippen LogP contribution in [-0.4, -0.2) is 17.4 Å². The number of hydrogen-bond donors (Lipinski definition) is 2. The summed E-state index contributed by atoms with van der Waals surface area (Å²) in [7, 11) is 0. The summed E-state index contributed by atoms with van der Waals surface area (Å²) in [6.07, 6.45) is 14.4. The predicted octanol–water partition coefficient (Wildman–Crippen LogP) is 3.75. The fourth-order valence-electron chi connectivity index (χ4n) is 4.77. The standard InChI is InChI=1S/C20H23N3S/c24-20(23-21-11-5-8-14-6-2-1-3-7-14)22-19-13-15-12-18(19)17-10-4-9-16(15)17/h1-8,10-11,15-19H,9,12-13H2,(H2,22,23,24)/b8-5+,21-11+. The summed E-state index contributed by atoms with van der Waals surface area (Å²) in [5, 5.41) is 8.29. The molecule has 0 aliphatic heterocycles. The Labute approximate surface area is 148 Å². The number of hydrazone groups is 1. The Bertz CT molecular complexity index is 679. The minimum Gasteiger partial charge on any atom is -0.358 e. The number of allylic oxidation sites excluding steroid dienone is 3. The third kappa shape index (κ3) is 3.16. The summed E-state index contributed by atoms with van der Waals surface area (Å²) >= 11 is 5.39. The van der Waals surface area contributed by atoms with Crippen molar-refractivity contribution in [2.24, 2.45) is 28.8 Å². The molecule has 1 aromatic carbocycles. The van der Waals surface area contributed by atoms with Crippen LogP contribution in [0.3, 0.4) is 0 Å². The average Bonchev–Trinajstić information content (AvgIpc) is 3.28. The summed E-state index contributed by atoms with van der Waals surface area (Å²) in [5.74, 6) is 3.32. The lowest BCUT2D eigenvalue weighted by Crippen LogP contribution is -2.45. The third-order valence-corrected chi connectivity index (χ3v) is 5.95. The summed E-state index contributed by atoms with van der Waals surface area (Å²) in [4.78, 5) is 0. The molecule has 1 aromatic rings. The van der Waals surface area contributed by atoms with Crippen molar-refractivity contribution < 1.29 is 0 Å². The van der Waals surface area contributed by atoms with E-state index in [1.807, 2.05) is 30.4 Å². The Morgan fingerprint density at radius 1 is 1.17 bits per heavy atom. The van der Waals surface area contributed by atoms with Gasteiger partial charge in [-0.05, 0) is 66.8 Å². The van der Waals surface area contributed by atoms with Crippen molar-refractivity contribution in [3.63, 3.8) is 0 Å². The van der Waals surface area contributed by atoms with Gasteiger partial charge in [0.05, 0.1) is 0 Å². The first-order valence-corrected chi connectivity index (χ1v) is 9.20. The average molecular weight is 337 g/mol. The van der Waals surface area contributed by atoms with E-state index in [-0.39, 0.29) is 0 Å². The highest BCUT2D eigenvalue weighted by molar-refractivity contribution is 7.80. The van der Waals surface area contributed by atoms with Crippen LogP contribution in [0.25, 0.3) is 6.08 Å². The van der Waals surface area contributed by atoms with E-state index < -0.39 is 0 Å². The van der Waals surface area contributed by atoms with Gasteiger partial charge in [-0.25, -0.2) is 0 Å². The van der Waals surface area contributed by atoms with Gasteiger partial charge in [-0.15, -0.1) is 0 Å². The van der Waals surface area contributed by atoms with E-state index in [1.54, 1.807) is 6.21 Å². The fourth-order valence-corrected chi connectivity index (χ4v) is 4.97. The van der Waals surface area contributed by atoms with Crippen molar-refractivity contribution in [2.45, 2.75) is 25.3 Å². The molecule has 2 bridgehead atoms. The van der Waals surface area contributed by atoms with Crippen molar-refractivity contribution in [1.29, 1.82) is 0 Å². The molecule has 2 saturated carbocycles. The molecule has 3 aliphatic rings. The van der Waals surface area contributed by atoms with Crippen molar-refractivity contribution in [1.82, 2.24) is 10.7 Å². The van der Waals surface area contributed by atoms with Gasteiger partial charge in [0.25, 0.3) is 0 Å². The van der Waals surface area contributed by atoms with E-state index in [0.29, 0.717) is 11.2 Å². The molecular formula is C20H23N3S. The van der Waals surface area contributed by atoms with E-state index in [1.165, 1.54) is 19.3 Å². The zero-order valence-electron chi connectivity index (χ0n) is 13.6. The highest BCUT2D eigenvalue weighted by Gasteiger charge is 2.52. The predicted molar refractivity (Wildman–Crippen MR) is 104 cm³/mol. The summed E-state index contributed by atoms with van der Waals surface area (Å²) in [6.45, 7) is 0. The third-order valence-electron chi connectivity index (χ3n) is 5.74. The number of rotatable bonds is 4. The number of thiocarbonyl (C=S) groups is 1. The molecule has 0 radical (unpaired) electrons. The minimum absolute atomic E-state index is 0.508. The van der Waals surface area contributed by atoms with Gasteiger partial charge in [0.2, 0.25) is 0 Å². The minimum atomic E-state index is 0.508. The van der Waals surface area contributed by atoms with Crippen molar-refractivity contribution in [3.05, 3.63) is 54.1 Å². The molecule has 5 atom stereocenters. The van der Waals surface area contributed by atoms with Crippen LogP contribution in [0.2, 0.25) is 0 Å². The molecule has 4 heteroatoms. The quantitative estimate of drug-likeness (QED) is 0.380. The molecule has 0 spiro atoms. The highest BCUT2D eigenvalue weighted by atomic mass is 32.1. The van der Waals surface area contributed by atoms with E-state index in [4.69, 9.17) is 12.2 Å². The van der Waals surface area contributed by atoms with Crippen LogP contribution in [0, 0.1) is 23.7 Å². The SMILES string of the molecule is S=C(N/N=C/C=C/c1ccccc1)NC1CC2CC1C1C=CCC21. The molecule has 2 fully saturated rings. The fraction of sp³-hybridized carbons (Fsp3) is 0.400. The zero-order chi connectivity index (χ0) is 16.4. The molecule has 24 heavy (non-hydrogen) atoms. The van der Waals surface area contributed by atoms with E-state index in [9.17, 15) is 0 Å². The second-order valence-corrected chi connectivity index (χ2v) is 7.45. The van der Waals surface area contributed by atoms with Gasteiger partial charge >= 0.3 is 0 Å². The van der Waals surface area contributed by atoms with Gasteiger partial charge < -0.3 is 5.32 Å². The number of nitrogens with zero attached hydrogens (tertiary/aromatic N) is 1. The lowest BCUT2D eigenvalue weighted by atomic mass is 9.79. The summed E-state index contributed by atoms with van der Waals surface area (Å²) < 4.78 is 0. The van der Waals surface area contributed by atoms with Crippen LogP contribution in [0.4, 0.5) is 0 Å². The Hall–Kier alpha value is -1.94. The van der Waals surface area contributed by atoms with Gasteiger partial charge in [0.1, 0.15) is 0 Å². The van der Waals surface area contributed by atoms with Crippen molar-refractivity contribution in [3.8, 4) is 0 Å². The number of fused-ring (bicyclic) bond motifs is 5. The smallest absolute Gasteiger partial charge is 0.187 e. The van der Waals surface area contributed by atoms with E-state index >= 15 is 0 Å². The molecule has 0 heterocycles. The first-order chi connectivity index (χ1) is 11.8. The maximum Gasteiger partial charge on any atom is 0.187 e. The molecule has 0 saturated heterocycles. The first-order valence-electron chi connectivity index (χ1n) is 8.79. The molecule has 3 nitrogen and oxygen atoms in total. The zero-order valence-corrected chi connectivity index (χ0v) is 14.5. The second kappa shape index (κ2) is 6.89. The Morgan fingerprint density at radius 3 is 2.92 bits per heavy atom. The maximum atomic E-state index is 5.39. The van der Waals surface area contributed by atoms with E-state index in [2.05, 4.69) is 40.1 Å². The number of benzene rings is 1. The molecule has 0 amide bonds. The van der Waals surface area contributed by atoms with Crippen molar-refractivity contribution >= 4 is 29.6 Å². The van der Waals surface area contributed by atoms with Crippen LogP contribution < -0.4 is 10.7 Å². The maximum absolute atomic E-state index is 5.39. The van der Waals surface area contributed by atoms with Gasteiger partial charge in [-0.2, -0.15) is 5.10 Å². The normalized spacial score (nSPS) is 33.4. The Kier molecular flexibility index (Phi) is 4.48.